The van der Waals surface area contributed by atoms with E-state index in [0.29, 0.717) is 6.42 Å². The first kappa shape index (κ1) is 11.1. The summed E-state index contributed by atoms with van der Waals surface area (Å²) >= 11 is 0. The molecule has 0 saturated carbocycles. The lowest BCUT2D eigenvalue weighted by molar-refractivity contribution is 0.426. The minimum atomic E-state index is -0.553. The molecule has 0 bridgehead atoms. The molecule has 0 amide bonds. The van der Waals surface area contributed by atoms with Gasteiger partial charge in [0.05, 0.1) is 0 Å². The molecule has 1 atom stereocenters. The van der Waals surface area contributed by atoms with Gasteiger partial charge in [-0.3, -0.25) is 0 Å². The van der Waals surface area contributed by atoms with Crippen LogP contribution in [-0.4, -0.2) is 5.54 Å². The molecule has 0 aliphatic heterocycles. The van der Waals surface area contributed by atoms with Gasteiger partial charge in [-0.1, -0.05) is 13.0 Å². The van der Waals surface area contributed by atoms with E-state index in [4.69, 9.17) is 5.73 Å². The van der Waals surface area contributed by atoms with Crippen LogP contribution in [0.5, 0.6) is 0 Å². The summed E-state index contributed by atoms with van der Waals surface area (Å²) in [5.41, 5.74) is 5.38. The fourth-order valence-electron chi connectivity index (χ4n) is 1.23. The van der Waals surface area contributed by atoms with Crippen molar-refractivity contribution in [2.45, 2.75) is 32.2 Å². The highest BCUT2D eigenvalue weighted by Gasteiger charge is 2.20. The molecule has 3 heteroatoms. The van der Waals surface area contributed by atoms with Crippen molar-refractivity contribution in [1.29, 1.82) is 0 Å². The fourth-order valence-corrected chi connectivity index (χ4v) is 1.23. The SMILES string of the molecule is CCC(C)(N)Cc1c(F)cccc1F. The van der Waals surface area contributed by atoms with Crippen LogP contribution in [0.25, 0.3) is 0 Å². The van der Waals surface area contributed by atoms with E-state index in [2.05, 4.69) is 0 Å². The minimum absolute atomic E-state index is 0.0827. The van der Waals surface area contributed by atoms with Crippen LogP contribution >= 0.6 is 0 Å². The Kier molecular flexibility index (Phi) is 3.21. The van der Waals surface area contributed by atoms with E-state index in [0.717, 1.165) is 0 Å². The van der Waals surface area contributed by atoms with E-state index in [9.17, 15) is 8.78 Å². The number of nitrogens with two attached hydrogens (primary N) is 1. The van der Waals surface area contributed by atoms with Gasteiger partial charge in [-0.15, -0.1) is 0 Å². The molecule has 0 heterocycles. The maximum absolute atomic E-state index is 13.2. The largest absolute Gasteiger partial charge is 0.325 e. The fraction of sp³-hybridized carbons (Fsp3) is 0.455. The Morgan fingerprint density at radius 2 is 1.79 bits per heavy atom. The van der Waals surface area contributed by atoms with Gasteiger partial charge < -0.3 is 5.73 Å². The molecule has 0 spiro atoms. The normalized spacial score (nSPS) is 15.2. The monoisotopic (exact) mass is 199 g/mol. The second-order valence-electron chi connectivity index (χ2n) is 3.88. The molecule has 0 radical (unpaired) electrons. The first-order valence-corrected chi connectivity index (χ1v) is 4.68. The Bertz CT molecular complexity index is 301. The van der Waals surface area contributed by atoms with Crippen molar-refractivity contribution in [3.63, 3.8) is 0 Å². The molecule has 1 nitrogen and oxygen atoms in total. The molecule has 1 rings (SSSR count). The van der Waals surface area contributed by atoms with Crippen molar-refractivity contribution in [2.75, 3.05) is 0 Å². The molecule has 1 unspecified atom stereocenters. The average Bonchev–Trinajstić information content (AvgIpc) is 2.12. The van der Waals surface area contributed by atoms with Crippen LogP contribution in [0.2, 0.25) is 0 Å². The zero-order valence-electron chi connectivity index (χ0n) is 8.48. The summed E-state index contributed by atoms with van der Waals surface area (Å²) in [6.07, 6.45) is 0.906. The molecule has 78 valence electrons. The summed E-state index contributed by atoms with van der Waals surface area (Å²) in [6, 6.07) is 3.86. The predicted octanol–water partition coefficient (Wildman–Crippen LogP) is 2.63. The predicted molar refractivity (Wildman–Crippen MR) is 52.9 cm³/mol. The van der Waals surface area contributed by atoms with Gasteiger partial charge in [0, 0.05) is 11.1 Å². The topological polar surface area (TPSA) is 26.0 Å². The highest BCUT2D eigenvalue weighted by molar-refractivity contribution is 5.21. The summed E-state index contributed by atoms with van der Waals surface area (Å²) in [5.74, 6) is -1.04. The molecule has 14 heavy (non-hydrogen) atoms. The van der Waals surface area contributed by atoms with Gasteiger partial charge in [-0.05, 0) is 31.9 Å². The van der Waals surface area contributed by atoms with Crippen LogP contribution in [0, 0.1) is 11.6 Å². The van der Waals surface area contributed by atoms with Crippen molar-refractivity contribution < 1.29 is 8.78 Å². The highest BCUT2D eigenvalue weighted by atomic mass is 19.1. The summed E-state index contributed by atoms with van der Waals surface area (Å²) in [7, 11) is 0. The molecule has 0 aliphatic carbocycles. The van der Waals surface area contributed by atoms with Crippen LogP contribution in [0.1, 0.15) is 25.8 Å². The zero-order valence-corrected chi connectivity index (χ0v) is 8.48. The van der Waals surface area contributed by atoms with Gasteiger partial charge in [-0.25, -0.2) is 8.78 Å². The Balaban J connectivity index is 2.97. The third-order valence-electron chi connectivity index (χ3n) is 2.45. The van der Waals surface area contributed by atoms with Crippen molar-refractivity contribution >= 4 is 0 Å². The van der Waals surface area contributed by atoms with Gasteiger partial charge in [0.2, 0.25) is 0 Å². The smallest absolute Gasteiger partial charge is 0.129 e. The van der Waals surface area contributed by atoms with Crippen molar-refractivity contribution in [2.24, 2.45) is 5.73 Å². The Morgan fingerprint density at radius 1 is 1.29 bits per heavy atom. The van der Waals surface area contributed by atoms with Gasteiger partial charge in [0.15, 0.2) is 0 Å². The lowest BCUT2D eigenvalue weighted by atomic mass is 9.91. The third kappa shape index (κ3) is 2.51. The van der Waals surface area contributed by atoms with Gasteiger partial charge in [-0.2, -0.15) is 0 Å². The molecule has 0 saturated heterocycles. The standard InChI is InChI=1S/C11H15F2N/c1-3-11(2,14)7-8-9(12)5-4-6-10(8)13/h4-6H,3,7,14H2,1-2H3. The number of hydrogen-bond donors (Lipinski definition) is 1. The van der Waals surface area contributed by atoms with E-state index < -0.39 is 17.2 Å². The summed E-state index contributed by atoms with van der Waals surface area (Å²) < 4.78 is 26.4. The maximum atomic E-state index is 13.2. The van der Waals surface area contributed by atoms with Crippen LogP contribution in [-0.2, 0) is 6.42 Å². The first-order valence-electron chi connectivity index (χ1n) is 4.68. The molecule has 1 aromatic rings. The van der Waals surface area contributed by atoms with Crippen LogP contribution in [0.3, 0.4) is 0 Å². The minimum Gasteiger partial charge on any atom is -0.325 e. The van der Waals surface area contributed by atoms with Crippen molar-refractivity contribution in [3.8, 4) is 0 Å². The Labute approximate surface area is 82.9 Å². The highest BCUT2D eigenvalue weighted by Crippen LogP contribution is 2.19. The third-order valence-corrected chi connectivity index (χ3v) is 2.45. The van der Waals surface area contributed by atoms with E-state index >= 15 is 0 Å². The van der Waals surface area contributed by atoms with Gasteiger partial charge >= 0.3 is 0 Å². The first-order chi connectivity index (χ1) is 6.46. The number of rotatable bonds is 3. The second-order valence-corrected chi connectivity index (χ2v) is 3.88. The maximum Gasteiger partial charge on any atom is 0.129 e. The quantitative estimate of drug-likeness (QED) is 0.795. The summed E-state index contributed by atoms with van der Waals surface area (Å²) in [5, 5.41) is 0. The number of benzene rings is 1. The molecular formula is C11H15F2N. The van der Waals surface area contributed by atoms with E-state index in [1.54, 1.807) is 6.92 Å². The number of halogens is 2. The Hall–Kier alpha value is -0.960. The van der Waals surface area contributed by atoms with E-state index in [1.807, 2.05) is 6.92 Å². The molecule has 2 N–H and O–H groups in total. The molecular weight excluding hydrogens is 184 g/mol. The van der Waals surface area contributed by atoms with Crippen molar-refractivity contribution in [3.05, 3.63) is 35.4 Å². The number of hydrogen-bond acceptors (Lipinski definition) is 1. The lowest BCUT2D eigenvalue weighted by Gasteiger charge is -2.23. The Morgan fingerprint density at radius 3 is 2.21 bits per heavy atom. The van der Waals surface area contributed by atoms with Crippen LogP contribution in [0.4, 0.5) is 8.78 Å². The average molecular weight is 199 g/mol. The summed E-state index contributed by atoms with van der Waals surface area (Å²) in [6.45, 7) is 3.69. The van der Waals surface area contributed by atoms with E-state index in [-0.39, 0.29) is 12.0 Å². The molecule has 0 aliphatic rings. The second kappa shape index (κ2) is 4.05. The lowest BCUT2D eigenvalue weighted by Crippen LogP contribution is -2.38. The van der Waals surface area contributed by atoms with Gasteiger partial charge in [0.1, 0.15) is 11.6 Å². The molecule has 1 aromatic carbocycles. The zero-order chi connectivity index (χ0) is 10.8. The van der Waals surface area contributed by atoms with E-state index in [1.165, 1.54) is 18.2 Å². The van der Waals surface area contributed by atoms with Crippen molar-refractivity contribution in [1.82, 2.24) is 0 Å². The molecule has 0 aromatic heterocycles. The van der Waals surface area contributed by atoms with Crippen LogP contribution < -0.4 is 5.73 Å². The molecule has 0 fully saturated rings. The van der Waals surface area contributed by atoms with Crippen LogP contribution in [0.15, 0.2) is 18.2 Å². The summed E-state index contributed by atoms with van der Waals surface area (Å²) in [4.78, 5) is 0. The van der Waals surface area contributed by atoms with Gasteiger partial charge in [0.25, 0.3) is 0 Å².